The van der Waals surface area contributed by atoms with Gasteiger partial charge >= 0.3 is 6.03 Å². The Bertz CT molecular complexity index is 696. The smallest absolute Gasteiger partial charge is 0.318 e. The monoisotopic (exact) mass is 355 g/mol. The number of likely N-dealkylation sites (tertiary alicyclic amines) is 1. The van der Waals surface area contributed by atoms with Crippen LogP contribution in [0.4, 0.5) is 4.79 Å². The van der Waals surface area contributed by atoms with Crippen molar-refractivity contribution < 1.29 is 9.59 Å². The Kier molecular flexibility index (Phi) is 6.24. The summed E-state index contributed by atoms with van der Waals surface area (Å²) in [4.78, 5) is 31.0. The van der Waals surface area contributed by atoms with Crippen LogP contribution < -0.4 is 10.6 Å². The van der Waals surface area contributed by atoms with Gasteiger partial charge in [0.1, 0.15) is 6.04 Å². The zero-order valence-corrected chi connectivity index (χ0v) is 14.8. The van der Waals surface area contributed by atoms with Crippen molar-refractivity contribution in [2.24, 2.45) is 0 Å². The molecule has 2 heterocycles. The number of imidazole rings is 1. The molecule has 0 saturated carbocycles. The molecule has 1 saturated heterocycles. The maximum Gasteiger partial charge on any atom is 0.318 e. The van der Waals surface area contributed by atoms with Crippen molar-refractivity contribution in [3.8, 4) is 0 Å². The van der Waals surface area contributed by atoms with E-state index in [0.717, 1.165) is 37.9 Å². The van der Waals surface area contributed by atoms with Crippen molar-refractivity contribution in [3.63, 3.8) is 0 Å². The Labute approximate surface area is 153 Å². The van der Waals surface area contributed by atoms with E-state index in [1.165, 1.54) is 0 Å². The van der Waals surface area contributed by atoms with E-state index in [1.807, 2.05) is 30.3 Å². The quantitative estimate of drug-likeness (QED) is 0.829. The Morgan fingerprint density at radius 3 is 2.58 bits per heavy atom. The number of nitrogens with one attached hydrogen (secondary N) is 2. The van der Waals surface area contributed by atoms with Gasteiger partial charge in [-0.2, -0.15) is 0 Å². The zero-order chi connectivity index (χ0) is 18.2. The predicted molar refractivity (Wildman–Crippen MR) is 98.3 cm³/mol. The lowest BCUT2D eigenvalue weighted by molar-refractivity contribution is -0.123. The molecule has 7 nitrogen and oxygen atoms in total. The van der Waals surface area contributed by atoms with Gasteiger partial charge in [0.25, 0.3) is 0 Å². The minimum Gasteiger partial charge on any atom is -0.350 e. The molecule has 3 amide bonds. The molecular weight excluding hydrogens is 330 g/mol. The maximum absolute atomic E-state index is 12.7. The minimum absolute atomic E-state index is 0.176. The predicted octanol–water partition coefficient (Wildman–Crippen LogP) is 1.76. The molecule has 0 radical (unpaired) electrons. The summed E-state index contributed by atoms with van der Waals surface area (Å²) in [6.07, 6.45) is 8.26. The van der Waals surface area contributed by atoms with Crippen LogP contribution in [0.2, 0.25) is 0 Å². The molecule has 7 heteroatoms. The van der Waals surface area contributed by atoms with Crippen molar-refractivity contribution in [1.29, 1.82) is 0 Å². The highest BCUT2D eigenvalue weighted by Crippen LogP contribution is 2.09. The van der Waals surface area contributed by atoms with Gasteiger partial charge < -0.3 is 20.1 Å². The van der Waals surface area contributed by atoms with Gasteiger partial charge in [-0.05, 0) is 24.8 Å². The first-order valence-electron chi connectivity index (χ1n) is 9.05. The molecule has 3 rings (SSSR count). The van der Waals surface area contributed by atoms with Gasteiger partial charge in [-0.3, -0.25) is 4.79 Å². The number of hydrogen-bond donors (Lipinski definition) is 2. The highest BCUT2D eigenvalue weighted by atomic mass is 16.2. The van der Waals surface area contributed by atoms with E-state index in [2.05, 4.69) is 15.6 Å². The summed E-state index contributed by atoms with van der Waals surface area (Å²) in [6.45, 7) is 2.27. The van der Waals surface area contributed by atoms with Gasteiger partial charge in [-0.1, -0.05) is 30.3 Å². The lowest BCUT2D eigenvalue weighted by atomic mass is 10.1. The number of urea groups is 1. The number of carbonyl (C=O) groups is 2. The normalized spacial score (nSPS) is 15.3. The third-order valence-corrected chi connectivity index (χ3v) is 4.52. The Morgan fingerprint density at radius 2 is 1.88 bits per heavy atom. The molecule has 1 fully saturated rings. The van der Waals surface area contributed by atoms with Crippen molar-refractivity contribution in [3.05, 3.63) is 54.6 Å². The fraction of sp³-hybridized carbons (Fsp3) is 0.421. The van der Waals surface area contributed by atoms with Crippen molar-refractivity contribution >= 4 is 11.9 Å². The van der Waals surface area contributed by atoms with Crippen LogP contribution in [0.25, 0.3) is 0 Å². The van der Waals surface area contributed by atoms with Crippen LogP contribution in [-0.4, -0.2) is 45.5 Å². The Balaban J connectivity index is 1.61. The van der Waals surface area contributed by atoms with Gasteiger partial charge in [-0.25, -0.2) is 9.78 Å². The Hall–Kier alpha value is -2.83. The standard InChI is InChI=1S/C19H25N5O2/c25-18(21-13-16-7-3-1-4-8-16)17(14-23-12-9-20-15-23)22-19(26)24-10-5-2-6-11-24/h1,3-4,7-9,12,15,17H,2,5-6,10-11,13-14H2,(H,21,25)(H,22,26)/t17-/m0/s1. The number of nitrogens with zero attached hydrogens (tertiary/aromatic N) is 3. The second-order valence-electron chi connectivity index (χ2n) is 6.51. The molecule has 0 bridgehead atoms. The number of aromatic nitrogens is 2. The van der Waals surface area contributed by atoms with Gasteiger partial charge in [0.2, 0.25) is 5.91 Å². The fourth-order valence-electron chi connectivity index (χ4n) is 3.05. The van der Waals surface area contributed by atoms with Crippen LogP contribution in [-0.2, 0) is 17.9 Å². The van der Waals surface area contributed by atoms with Crippen molar-refractivity contribution in [2.75, 3.05) is 13.1 Å². The summed E-state index contributed by atoms with van der Waals surface area (Å²) < 4.78 is 1.79. The lowest BCUT2D eigenvalue weighted by Crippen LogP contribution is -2.53. The number of piperidine rings is 1. The minimum atomic E-state index is -0.651. The van der Waals surface area contributed by atoms with Gasteiger partial charge in [0.15, 0.2) is 0 Å². The molecule has 138 valence electrons. The van der Waals surface area contributed by atoms with E-state index in [9.17, 15) is 9.59 Å². The molecule has 1 atom stereocenters. The zero-order valence-electron chi connectivity index (χ0n) is 14.8. The summed E-state index contributed by atoms with van der Waals surface area (Å²) in [7, 11) is 0. The highest BCUT2D eigenvalue weighted by Gasteiger charge is 2.24. The summed E-state index contributed by atoms with van der Waals surface area (Å²) in [5.41, 5.74) is 1.02. The molecule has 2 N–H and O–H groups in total. The first-order chi connectivity index (χ1) is 12.7. The molecule has 2 aromatic rings. The van der Waals surface area contributed by atoms with E-state index in [1.54, 1.807) is 28.2 Å². The topological polar surface area (TPSA) is 79.3 Å². The molecular formula is C19H25N5O2. The third-order valence-electron chi connectivity index (χ3n) is 4.52. The second-order valence-corrected chi connectivity index (χ2v) is 6.51. The van der Waals surface area contributed by atoms with Crippen LogP contribution in [0.3, 0.4) is 0 Å². The second kappa shape index (κ2) is 9.03. The average molecular weight is 355 g/mol. The molecule has 26 heavy (non-hydrogen) atoms. The van der Waals surface area contributed by atoms with Crippen LogP contribution in [0, 0.1) is 0 Å². The summed E-state index contributed by atoms with van der Waals surface area (Å²) in [5.74, 6) is -0.201. The van der Waals surface area contributed by atoms with E-state index >= 15 is 0 Å². The summed E-state index contributed by atoms with van der Waals surface area (Å²) in [6, 6.07) is 8.89. The molecule has 0 aliphatic carbocycles. The third kappa shape index (κ3) is 5.08. The first-order valence-corrected chi connectivity index (χ1v) is 9.05. The van der Waals surface area contributed by atoms with Gasteiger partial charge in [0, 0.05) is 32.0 Å². The number of benzene rings is 1. The molecule has 0 spiro atoms. The van der Waals surface area contributed by atoms with Crippen LogP contribution in [0.1, 0.15) is 24.8 Å². The van der Waals surface area contributed by atoms with E-state index < -0.39 is 6.04 Å². The van der Waals surface area contributed by atoms with Crippen molar-refractivity contribution in [1.82, 2.24) is 25.1 Å². The van der Waals surface area contributed by atoms with Crippen LogP contribution >= 0.6 is 0 Å². The summed E-state index contributed by atoms with van der Waals surface area (Å²) >= 11 is 0. The fourth-order valence-corrected chi connectivity index (χ4v) is 3.05. The number of amides is 3. The van der Waals surface area contributed by atoms with E-state index in [4.69, 9.17) is 0 Å². The highest BCUT2D eigenvalue weighted by molar-refractivity contribution is 5.87. The average Bonchev–Trinajstić information content (AvgIpc) is 3.20. The largest absolute Gasteiger partial charge is 0.350 e. The Morgan fingerprint density at radius 1 is 1.12 bits per heavy atom. The number of carbonyl (C=O) groups excluding carboxylic acids is 2. The first kappa shape index (κ1) is 18.0. The van der Waals surface area contributed by atoms with Crippen LogP contribution in [0.15, 0.2) is 49.1 Å². The summed E-state index contributed by atoms with van der Waals surface area (Å²) in [5, 5.41) is 5.80. The number of hydrogen-bond acceptors (Lipinski definition) is 3. The molecule has 0 unspecified atom stereocenters. The van der Waals surface area contributed by atoms with Crippen LogP contribution in [0.5, 0.6) is 0 Å². The van der Waals surface area contributed by atoms with Gasteiger partial charge in [0.05, 0.1) is 12.9 Å². The van der Waals surface area contributed by atoms with E-state index in [-0.39, 0.29) is 11.9 Å². The SMILES string of the molecule is O=C(NCc1ccccc1)[C@H](Cn1ccnc1)NC(=O)N1CCCCC1. The van der Waals surface area contributed by atoms with Gasteiger partial charge in [-0.15, -0.1) is 0 Å². The number of rotatable bonds is 6. The van der Waals surface area contributed by atoms with Crippen molar-refractivity contribution in [2.45, 2.75) is 38.4 Å². The van der Waals surface area contributed by atoms with E-state index in [0.29, 0.717) is 13.1 Å². The molecule has 1 aliphatic rings. The molecule has 1 aromatic carbocycles. The molecule has 1 aliphatic heterocycles. The molecule has 1 aromatic heterocycles. The maximum atomic E-state index is 12.7. The lowest BCUT2D eigenvalue weighted by Gasteiger charge is -2.29.